The molecular weight excluding hydrogens is 554 g/mol. The summed E-state index contributed by atoms with van der Waals surface area (Å²) in [4.78, 5) is 21.0. The van der Waals surface area contributed by atoms with E-state index in [0.29, 0.717) is 10.9 Å². The van der Waals surface area contributed by atoms with Crippen molar-refractivity contribution in [3.05, 3.63) is 82.4 Å². The van der Waals surface area contributed by atoms with E-state index in [4.69, 9.17) is 16.3 Å². The normalized spacial score (nSPS) is 15.8. The second kappa shape index (κ2) is 9.60. The van der Waals surface area contributed by atoms with Crippen LogP contribution in [0.2, 0.25) is 5.02 Å². The number of phenolic OH excluding ortho intramolecular Hbond substituents is 1. The molecule has 3 N–H and O–H groups in total. The lowest BCUT2D eigenvalue weighted by atomic mass is 9.84. The molecule has 1 atom stereocenters. The minimum Gasteiger partial charge on any atom is -0.506 e. The average molecular weight is 576 g/mol. The van der Waals surface area contributed by atoms with E-state index in [1.807, 2.05) is 0 Å². The third-order valence-electron chi connectivity index (χ3n) is 6.82. The Kier molecular flexibility index (Phi) is 6.62. The summed E-state index contributed by atoms with van der Waals surface area (Å²) in [6.07, 6.45) is -3.84. The van der Waals surface area contributed by atoms with Crippen molar-refractivity contribution in [3.8, 4) is 22.8 Å². The van der Waals surface area contributed by atoms with E-state index in [9.17, 15) is 32.6 Å². The molecule has 40 heavy (non-hydrogen) atoms. The van der Waals surface area contributed by atoms with Crippen molar-refractivity contribution < 1.29 is 37.3 Å². The molecule has 2 aromatic carbocycles. The van der Waals surface area contributed by atoms with E-state index in [-0.39, 0.29) is 45.5 Å². The SMILES string of the molecule is CC1(C)COc2c1cc(C(O)(CNC(=O)c1cc(O)c3ncccc3c1)C(F)(F)F)nc2-c1ccc(F)c(Cl)c1. The molecule has 0 saturated carbocycles. The van der Waals surface area contributed by atoms with Crippen LogP contribution in [-0.4, -0.2) is 45.4 Å². The molecule has 7 nitrogen and oxygen atoms in total. The number of rotatable bonds is 5. The number of carbonyl (C=O) groups is 1. The van der Waals surface area contributed by atoms with Gasteiger partial charge in [-0.2, -0.15) is 13.2 Å². The van der Waals surface area contributed by atoms with Crippen LogP contribution < -0.4 is 10.1 Å². The van der Waals surface area contributed by atoms with Crippen LogP contribution >= 0.6 is 11.6 Å². The smallest absolute Gasteiger partial charge is 0.424 e. The lowest BCUT2D eigenvalue weighted by Gasteiger charge is -2.31. The highest BCUT2D eigenvalue weighted by molar-refractivity contribution is 6.31. The van der Waals surface area contributed by atoms with Gasteiger partial charge in [0.25, 0.3) is 5.91 Å². The number of ether oxygens (including phenoxy) is 1. The Morgan fingerprint density at radius 1 is 1.18 bits per heavy atom. The predicted octanol–water partition coefficient (Wildman–Crippen LogP) is 5.64. The zero-order chi connectivity index (χ0) is 29.0. The fourth-order valence-corrected chi connectivity index (χ4v) is 4.69. The molecule has 12 heteroatoms. The molecule has 0 radical (unpaired) electrons. The molecule has 3 heterocycles. The molecule has 0 spiro atoms. The predicted molar refractivity (Wildman–Crippen MR) is 139 cm³/mol. The first-order valence-electron chi connectivity index (χ1n) is 12.0. The van der Waals surface area contributed by atoms with Gasteiger partial charge in [0, 0.05) is 33.7 Å². The lowest BCUT2D eigenvalue weighted by Crippen LogP contribution is -2.51. The van der Waals surface area contributed by atoms with E-state index in [1.54, 1.807) is 26.0 Å². The molecule has 208 valence electrons. The average Bonchev–Trinajstić information content (AvgIpc) is 3.21. The van der Waals surface area contributed by atoms with Crippen molar-refractivity contribution in [1.29, 1.82) is 0 Å². The Morgan fingerprint density at radius 2 is 1.93 bits per heavy atom. The number of alkyl halides is 3. The van der Waals surface area contributed by atoms with Crippen molar-refractivity contribution in [3.63, 3.8) is 0 Å². The standard InChI is InChI=1S/C28H22ClF4N3O4/c1-26(2)13-40-24-17(26)11-21(36-23(24)15-5-6-19(30)18(29)9-15)27(39,28(31,32)33)12-35-25(38)16-8-14-4-3-7-34-22(14)20(37)10-16/h3-11,37,39H,12-13H2,1-2H3,(H,35,38). The van der Waals surface area contributed by atoms with Crippen molar-refractivity contribution in [1.82, 2.24) is 15.3 Å². The number of amides is 1. The van der Waals surface area contributed by atoms with Crippen LogP contribution in [-0.2, 0) is 11.0 Å². The zero-order valence-corrected chi connectivity index (χ0v) is 21.9. The molecule has 0 fully saturated rings. The minimum absolute atomic E-state index is 0.0686. The highest BCUT2D eigenvalue weighted by Gasteiger charge is 2.57. The Balaban J connectivity index is 1.57. The van der Waals surface area contributed by atoms with Gasteiger partial charge in [-0.05, 0) is 42.5 Å². The summed E-state index contributed by atoms with van der Waals surface area (Å²) in [5.74, 6) is -1.85. The fourth-order valence-electron chi connectivity index (χ4n) is 4.51. The van der Waals surface area contributed by atoms with Crippen LogP contribution in [0.3, 0.4) is 0 Å². The summed E-state index contributed by atoms with van der Waals surface area (Å²) >= 11 is 5.92. The fraction of sp³-hybridized carbons (Fsp3) is 0.250. The third kappa shape index (κ3) is 4.69. The van der Waals surface area contributed by atoms with Crippen LogP contribution in [0.4, 0.5) is 17.6 Å². The lowest BCUT2D eigenvalue weighted by molar-refractivity contribution is -0.265. The van der Waals surface area contributed by atoms with E-state index < -0.39 is 41.2 Å². The first kappa shape index (κ1) is 27.6. The molecule has 0 saturated heterocycles. The van der Waals surface area contributed by atoms with Gasteiger partial charge in [-0.25, -0.2) is 9.37 Å². The number of benzene rings is 2. The highest BCUT2D eigenvalue weighted by atomic mass is 35.5. The molecule has 5 rings (SSSR count). The van der Waals surface area contributed by atoms with Crippen molar-refractivity contribution in [2.45, 2.75) is 31.0 Å². The maximum Gasteiger partial charge on any atom is 0.424 e. The second-order valence-electron chi connectivity index (χ2n) is 10.1. The summed E-state index contributed by atoms with van der Waals surface area (Å²) in [6.45, 7) is 2.33. The number of hydrogen-bond acceptors (Lipinski definition) is 6. The topological polar surface area (TPSA) is 105 Å². The van der Waals surface area contributed by atoms with Gasteiger partial charge in [0.1, 0.15) is 28.5 Å². The molecular formula is C28H22ClF4N3O4. The van der Waals surface area contributed by atoms with Crippen molar-refractivity contribution >= 4 is 28.4 Å². The molecule has 2 aromatic heterocycles. The molecule has 1 unspecified atom stereocenters. The maximum atomic E-state index is 14.5. The summed E-state index contributed by atoms with van der Waals surface area (Å²) < 4.78 is 63.2. The van der Waals surface area contributed by atoms with Gasteiger partial charge in [-0.3, -0.25) is 9.78 Å². The van der Waals surface area contributed by atoms with Gasteiger partial charge >= 0.3 is 6.18 Å². The van der Waals surface area contributed by atoms with Crippen LogP contribution in [0.5, 0.6) is 11.5 Å². The van der Waals surface area contributed by atoms with Crippen LogP contribution in [0.25, 0.3) is 22.2 Å². The molecule has 1 amide bonds. The maximum absolute atomic E-state index is 14.5. The third-order valence-corrected chi connectivity index (χ3v) is 7.11. The Hall–Kier alpha value is -3.96. The second-order valence-corrected chi connectivity index (χ2v) is 10.6. The Labute approximate surface area is 230 Å². The number of phenols is 1. The number of halogens is 5. The molecule has 1 aliphatic heterocycles. The number of aliphatic hydroxyl groups is 1. The van der Waals surface area contributed by atoms with Gasteiger partial charge in [0.15, 0.2) is 0 Å². The summed E-state index contributed by atoms with van der Waals surface area (Å²) in [7, 11) is 0. The van der Waals surface area contributed by atoms with E-state index in [0.717, 1.165) is 18.2 Å². The van der Waals surface area contributed by atoms with Crippen LogP contribution in [0.15, 0.2) is 54.7 Å². The Morgan fingerprint density at radius 3 is 2.62 bits per heavy atom. The molecule has 0 bridgehead atoms. The van der Waals surface area contributed by atoms with E-state index >= 15 is 0 Å². The van der Waals surface area contributed by atoms with Gasteiger partial charge in [0.2, 0.25) is 5.60 Å². The summed E-state index contributed by atoms with van der Waals surface area (Å²) in [5.41, 5.74) is -4.65. The summed E-state index contributed by atoms with van der Waals surface area (Å²) in [5, 5.41) is 23.6. The van der Waals surface area contributed by atoms with Crippen LogP contribution in [0.1, 0.15) is 35.5 Å². The number of hydrogen-bond donors (Lipinski definition) is 3. The van der Waals surface area contributed by atoms with E-state index in [2.05, 4.69) is 15.3 Å². The number of nitrogens with one attached hydrogen (secondary N) is 1. The zero-order valence-electron chi connectivity index (χ0n) is 21.1. The number of fused-ring (bicyclic) bond motifs is 2. The number of pyridine rings is 2. The van der Waals surface area contributed by atoms with Gasteiger partial charge in [-0.15, -0.1) is 0 Å². The van der Waals surface area contributed by atoms with Crippen molar-refractivity contribution in [2.24, 2.45) is 0 Å². The summed E-state index contributed by atoms with van der Waals surface area (Å²) in [6, 6.07) is 10.2. The van der Waals surface area contributed by atoms with Gasteiger partial charge in [0.05, 0.1) is 23.9 Å². The molecule has 0 aliphatic carbocycles. The minimum atomic E-state index is -5.28. The first-order valence-corrected chi connectivity index (χ1v) is 12.4. The largest absolute Gasteiger partial charge is 0.506 e. The van der Waals surface area contributed by atoms with Crippen LogP contribution in [0, 0.1) is 5.82 Å². The molecule has 1 aliphatic rings. The number of nitrogens with zero attached hydrogens (tertiary/aromatic N) is 2. The Bertz CT molecular complexity index is 1660. The number of aromatic hydroxyl groups is 1. The first-order chi connectivity index (χ1) is 18.7. The molecule has 4 aromatic rings. The monoisotopic (exact) mass is 575 g/mol. The number of carbonyl (C=O) groups excluding carboxylic acids is 1. The van der Waals surface area contributed by atoms with Gasteiger partial charge in [-0.1, -0.05) is 31.5 Å². The highest BCUT2D eigenvalue weighted by Crippen LogP contribution is 2.47. The van der Waals surface area contributed by atoms with Gasteiger partial charge < -0.3 is 20.3 Å². The quantitative estimate of drug-likeness (QED) is 0.266. The number of aromatic nitrogens is 2. The van der Waals surface area contributed by atoms with Crippen molar-refractivity contribution in [2.75, 3.05) is 13.2 Å². The van der Waals surface area contributed by atoms with E-state index in [1.165, 1.54) is 24.4 Å².